The smallest absolute Gasteiger partial charge is 0.410 e. The fraction of sp³-hybridized carbons (Fsp3) is 0.485. The summed E-state index contributed by atoms with van der Waals surface area (Å²) in [6.07, 6.45) is 3.44. The van der Waals surface area contributed by atoms with Crippen LogP contribution in [0.1, 0.15) is 47.2 Å². The standard InChI is InChI=1S/C33H46N4O5Si/c1-32(2,3)42-31(38)36-14-13-23(22-36)30-21-34-28-12-11-24(19-29(28)35-30)37(15-16-41-43(9,10)33(4,5)6)25-17-26(39-7)20-27(18-25)40-8/h11-13,17-21H,14-16,22H2,1-10H3. The molecule has 1 aliphatic heterocycles. The molecule has 3 aromatic rings. The van der Waals surface area contributed by atoms with Crippen LogP contribution in [0.15, 0.2) is 48.7 Å². The molecule has 0 aliphatic carbocycles. The number of amides is 1. The highest BCUT2D eigenvalue weighted by molar-refractivity contribution is 6.74. The number of hydrogen-bond donors (Lipinski definition) is 0. The SMILES string of the molecule is COc1cc(OC)cc(N(CCO[Si](C)(C)C(C)(C)C)c2ccc3ncc(C4=CCN(C(=O)OC(C)(C)C)C4)nc3c2)c1. The molecule has 9 nitrogen and oxygen atoms in total. The Morgan fingerprint density at radius 2 is 1.63 bits per heavy atom. The van der Waals surface area contributed by atoms with Crippen LogP contribution < -0.4 is 14.4 Å². The normalized spacial score (nSPS) is 14.1. The number of benzene rings is 2. The second-order valence-electron chi connectivity index (χ2n) is 13.3. The molecule has 2 heterocycles. The highest BCUT2D eigenvalue weighted by Gasteiger charge is 2.37. The summed E-state index contributed by atoms with van der Waals surface area (Å²) in [5.41, 5.74) is 4.56. The van der Waals surface area contributed by atoms with Gasteiger partial charge in [0.15, 0.2) is 8.32 Å². The van der Waals surface area contributed by atoms with Gasteiger partial charge in [0.25, 0.3) is 0 Å². The second-order valence-corrected chi connectivity index (χ2v) is 18.2. The summed E-state index contributed by atoms with van der Waals surface area (Å²) in [5, 5.41) is 0.111. The molecule has 0 fully saturated rings. The van der Waals surface area contributed by atoms with Crippen LogP contribution in [0.25, 0.3) is 16.6 Å². The van der Waals surface area contributed by atoms with Gasteiger partial charge in [-0.3, -0.25) is 4.98 Å². The molecule has 43 heavy (non-hydrogen) atoms. The van der Waals surface area contributed by atoms with Crippen molar-refractivity contribution in [2.75, 3.05) is 45.4 Å². The molecular formula is C33H46N4O5Si. The van der Waals surface area contributed by atoms with Crippen LogP contribution in [0.3, 0.4) is 0 Å². The molecule has 4 rings (SSSR count). The first kappa shape index (κ1) is 32.3. The van der Waals surface area contributed by atoms with Gasteiger partial charge < -0.3 is 28.4 Å². The lowest BCUT2D eigenvalue weighted by Gasteiger charge is -2.37. The van der Waals surface area contributed by atoms with Crippen molar-refractivity contribution in [3.63, 3.8) is 0 Å². The fourth-order valence-corrected chi connectivity index (χ4v) is 5.53. The van der Waals surface area contributed by atoms with Gasteiger partial charge in [0.1, 0.15) is 17.1 Å². The molecule has 0 radical (unpaired) electrons. The van der Waals surface area contributed by atoms with Crippen LogP contribution in [0.5, 0.6) is 11.5 Å². The van der Waals surface area contributed by atoms with Crippen LogP contribution in [-0.4, -0.2) is 75.3 Å². The van der Waals surface area contributed by atoms with E-state index in [2.05, 4.69) is 43.7 Å². The van der Waals surface area contributed by atoms with Gasteiger partial charge in [-0.25, -0.2) is 9.78 Å². The maximum Gasteiger partial charge on any atom is 0.410 e. The third-order valence-electron chi connectivity index (χ3n) is 7.97. The quantitative estimate of drug-likeness (QED) is 0.232. The molecule has 0 N–H and O–H groups in total. The van der Waals surface area contributed by atoms with Crippen LogP contribution in [0.2, 0.25) is 18.1 Å². The maximum absolute atomic E-state index is 12.6. The second kappa shape index (κ2) is 12.5. The number of hydrogen-bond acceptors (Lipinski definition) is 8. The first-order chi connectivity index (χ1) is 20.1. The minimum Gasteiger partial charge on any atom is -0.497 e. The molecule has 0 atom stereocenters. The fourth-order valence-electron chi connectivity index (χ4n) is 4.49. The predicted octanol–water partition coefficient (Wildman–Crippen LogP) is 7.44. The lowest BCUT2D eigenvalue weighted by atomic mass is 10.1. The Morgan fingerprint density at radius 1 is 0.953 bits per heavy atom. The predicted molar refractivity (Wildman–Crippen MR) is 175 cm³/mol. The van der Waals surface area contributed by atoms with Gasteiger partial charge in [0.05, 0.1) is 50.3 Å². The molecule has 10 heteroatoms. The van der Waals surface area contributed by atoms with E-state index in [9.17, 15) is 4.79 Å². The van der Waals surface area contributed by atoms with Crippen molar-refractivity contribution in [1.82, 2.24) is 14.9 Å². The Balaban J connectivity index is 1.65. The zero-order valence-corrected chi connectivity index (χ0v) is 28.3. The van der Waals surface area contributed by atoms with E-state index in [1.54, 1.807) is 25.3 Å². The Hall–Kier alpha value is -3.63. The van der Waals surface area contributed by atoms with Crippen LogP contribution in [0.4, 0.5) is 16.2 Å². The molecular weight excluding hydrogens is 560 g/mol. The molecule has 2 aromatic carbocycles. The molecule has 0 saturated heterocycles. The summed E-state index contributed by atoms with van der Waals surface area (Å²) in [4.78, 5) is 26.1. The van der Waals surface area contributed by atoms with Crippen molar-refractivity contribution in [2.24, 2.45) is 0 Å². The van der Waals surface area contributed by atoms with Crippen molar-refractivity contribution < 1.29 is 23.4 Å². The average molecular weight is 607 g/mol. The first-order valence-corrected chi connectivity index (χ1v) is 17.6. The largest absolute Gasteiger partial charge is 0.497 e. The number of fused-ring (bicyclic) bond motifs is 1. The number of rotatable bonds is 9. The molecule has 0 spiro atoms. The Morgan fingerprint density at radius 3 is 2.23 bits per heavy atom. The summed E-state index contributed by atoms with van der Waals surface area (Å²) in [6.45, 7) is 19.0. The van der Waals surface area contributed by atoms with E-state index in [0.717, 1.165) is 33.7 Å². The molecule has 1 amide bonds. The Labute approximate surface area is 256 Å². The summed E-state index contributed by atoms with van der Waals surface area (Å²) < 4.78 is 23.3. The van der Waals surface area contributed by atoms with Crippen molar-refractivity contribution in [3.8, 4) is 11.5 Å². The summed E-state index contributed by atoms with van der Waals surface area (Å²) in [6, 6.07) is 11.9. The average Bonchev–Trinajstić information content (AvgIpc) is 3.44. The topological polar surface area (TPSA) is 86.3 Å². The van der Waals surface area contributed by atoms with Crippen molar-refractivity contribution >= 4 is 42.4 Å². The number of carbonyl (C=O) groups is 1. The number of anilines is 2. The lowest BCUT2D eigenvalue weighted by molar-refractivity contribution is 0.0306. The molecule has 0 saturated carbocycles. The molecule has 1 aliphatic rings. The minimum absolute atomic E-state index is 0.111. The van der Waals surface area contributed by atoms with Gasteiger partial charge in [-0.1, -0.05) is 26.8 Å². The third-order valence-corrected chi connectivity index (χ3v) is 12.5. The van der Waals surface area contributed by atoms with Gasteiger partial charge in [0.2, 0.25) is 0 Å². The number of aromatic nitrogens is 2. The maximum atomic E-state index is 12.6. The number of ether oxygens (including phenoxy) is 3. The highest BCUT2D eigenvalue weighted by atomic mass is 28.4. The third kappa shape index (κ3) is 7.86. The van der Waals surface area contributed by atoms with E-state index in [4.69, 9.17) is 23.6 Å². The van der Waals surface area contributed by atoms with Gasteiger partial charge in [-0.2, -0.15) is 0 Å². The van der Waals surface area contributed by atoms with E-state index >= 15 is 0 Å². The monoisotopic (exact) mass is 606 g/mol. The zero-order chi connectivity index (χ0) is 31.6. The zero-order valence-electron chi connectivity index (χ0n) is 27.3. The summed E-state index contributed by atoms with van der Waals surface area (Å²) in [7, 11) is 1.36. The van der Waals surface area contributed by atoms with E-state index in [1.807, 2.05) is 63.2 Å². The van der Waals surface area contributed by atoms with Gasteiger partial charge >= 0.3 is 6.09 Å². The van der Waals surface area contributed by atoms with Gasteiger partial charge in [-0.05, 0) is 62.7 Å². The molecule has 0 unspecified atom stereocenters. The van der Waals surface area contributed by atoms with E-state index in [1.165, 1.54) is 0 Å². The van der Waals surface area contributed by atoms with Crippen LogP contribution in [-0.2, 0) is 9.16 Å². The number of carbonyl (C=O) groups excluding carboxylic acids is 1. The Kier molecular flexibility index (Phi) is 9.41. The number of nitrogens with zero attached hydrogens (tertiary/aromatic N) is 4. The summed E-state index contributed by atoms with van der Waals surface area (Å²) >= 11 is 0. The molecule has 0 bridgehead atoms. The lowest BCUT2D eigenvalue weighted by Crippen LogP contribution is -2.42. The van der Waals surface area contributed by atoms with E-state index in [-0.39, 0.29) is 11.1 Å². The summed E-state index contributed by atoms with van der Waals surface area (Å²) in [5.74, 6) is 1.41. The van der Waals surface area contributed by atoms with Crippen LogP contribution in [0, 0.1) is 0 Å². The van der Waals surface area contributed by atoms with E-state index < -0.39 is 13.9 Å². The van der Waals surface area contributed by atoms with Gasteiger partial charge in [0, 0.05) is 42.7 Å². The van der Waals surface area contributed by atoms with Crippen molar-refractivity contribution in [2.45, 2.75) is 65.3 Å². The molecule has 232 valence electrons. The van der Waals surface area contributed by atoms with Crippen molar-refractivity contribution in [3.05, 3.63) is 54.4 Å². The molecule has 1 aromatic heterocycles. The Bertz CT molecular complexity index is 1470. The van der Waals surface area contributed by atoms with E-state index in [0.29, 0.717) is 37.7 Å². The highest BCUT2D eigenvalue weighted by Crippen LogP contribution is 2.38. The van der Waals surface area contributed by atoms with Crippen molar-refractivity contribution in [1.29, 1.82) is 0 Å². The van der Waals surface area contributed by atoms with Crippen LogP contribution >= 0.6 is 0 Å². The number of methoxy groups -OCH3 is 2. The first-order valence-electron chi connectivity index (χ1n) is 14.7. The van der Waals surface area contributed by atoms with Gasteiger partial charge in [-0.15, -0.1) is 0 Å². The minimum atomic E-state index is -1.94.